The third-order valence-electron chi connectivity index (χ3n) is 6.66. The Labute approximate surface area is 179 Å². The van der Waals surface area contributed by atoms with Crippen LogP contribution in [-0.2, 0) is 16.0 Å². The molecule has 3 atom stereocenters. The molecule has 6 heteroatoms. The Kier molecular flexibility index (Phi) is 7.26. The summed E-state index contributed by atoms with van der Waals surface area (Å²) in [4.78, 5) is 26.9. The summed E-state index contributed by atoms with van der Waals surface area (Å²) >= 11 is 0. The molecular weight excluding hydrogens is 378 g/mol. The second-order valence-electron chi connectivity index (χ2n) is 9.11. The van der Waals surface area contributed by atoms with E-state index in [1.807, 2.05) is 11.0 Å². The highest BCUT2D eigenvalue weighted by atomic mass is 16.5. The standard InChI is InChI=1S/C24H35N3O3/c28-23(19-11-12-19)30-21-9-5-15-27(17-21)24(29)26-22(20-8-4-14-25-16-20)13-10-18-6-2-1-3-7-18/h1-3,6-7,19-22,25H,4-5,8-17H2,(H,26,29). The summed E-state index contributed by atoms with van der Waals surface area (Å²) in [5, 5.41) is 6.83. The minimum absolute atomic E-state index is 0.00851. The maximum Gasteiger partial charge on any atom is 0.317 e. The number of nitrogens with zero attached hydrogens (tertiary/aromatic N) is 1. The molecule has 3 unspecified atom stereocenters. The van der Waals surface area contributed by atoms with E-state index in [4.69, 9.17) is 4.74 Å². The highest BCUT2D eigenvalue weighted by molar-refractivity contribution is 5.76. The Balaban J connectivity index is 1.33. The van der Waals surface area contributed by atoms with Gasteiger partial charge in [0.2, 0.25) is 0 Å². The molecule has 3 aliphatic rings. The molecule has 0 spiro atoms. The van der Waals surface area contributed by atoms with Crippen molar-refractivity contribution < 1.29 is 14.3 Å². The van der Waals surface area contributed by atoms with Gasteiger partial charge in [0, 0.05) is 12.6 Å². The summed E-state index contributed by atoms with van der Waals surface area (Å²) in [5.41, 5.74) is 1.31. The van der Waals surface area contributed by atoms with Gasteiger partial charge in [0.25, 0.3) is 0 Å². The minimum atomic E-state index is -0.156. The number of carbonyl (C=O) groups excluding carboxylic acids is 2. The van der Waals surface area contributed by atoms with Crippen molar-refractivity contribution in [1.82, 2.24) is 15.5 Å². The second kappa shape index (κ2) is 10.3. The maximum atomic E-state index is 13.1. The van der Waals surface area contributed by atoms with E-state index in [2.05, 4.69) is 34.9 Å². The van der Waals surface area contributed by atoms with Crippen LogP contribution in [0.3, 0.4) is 0 Å². The highest BCUT2D eigenvalue weighted by Crippen LogP contribution is 2.31. The van der Waals surface area contributed by atoms with Crippen molar-refractivity contribution in [3.05, 3.63) is 35.9 Å². The molecule has 1 aromatic rings. The van der Waals surface area contributed by atoms with Gasteiger partial charge in [-0.25, -0.2) is 4.79 Å². The van der Waals surface area contributed by atoms with Gasteiger partial charge in [0.15, 0.2) is 0 Å². The molecule has 1 aromatic carbocycles. The lowest BCUT2D eigenvalue weighted by atomic mass is 9.88. The van der Waals surface area contributed by atoms with Crippen LogP contribution in [0, 0.1) is 11.8 Å². The van der Waals surface area contributed by atoms with Gasteiger partial charge in [-0.2, -0.15) is 0 Å². The van der Waals surface area contributed by atoms with Crippen molar-refractivity contribution in [2.24, 2.45) is 11.8 Å². The molecule has 0 aromatic heterocycles. The van der Waals surface area contributed by atoms with E-state index in [9.17, 15) is 9.59 Å². The fourth-order valence-electron chi connectivity index (χ4n) is 4.66. The molecule has 0 bridgehead atoms. The predicted octanol–water partition coefficient (Wildman–Crippen LogP) is 3.11. The summed E-state index contributed by atoms with van der Waals surface area (Å²) in [6, 6.07) is 10.6. The average molecular weight is 414 g/mol. The van der Waals surface area contributed by atoms with E-state index >= 15 is 0 Å². The van der Waals surface area contributed by atoms with Crippen LogP contribution in [0.2, 0.25) is 0 Å². The summed E-state index contributed by atoms with van der Waals surface area (Å²) in [5.74, 6) is 0.492. The number of hydrogen-bond acceptors (Lipinski definition) is 4. The number of aryl methyl sites for hydroxylation is 1. The van der Waals surface area contributed by atoms with E-state index < -0.39 is 0 Å². The largest absolute Gasteiger partial charge is 0.460 e. The van der Waals surface area contributed by atoms with Crippen LogP contribution in [0.4, 0.5) is 4.79 Å². The van der Waals surface area contributed by atoms with Crippen LogP contribution in [0.25, 0.3) is 0 Å². The van der Waals surface area contributed by atoms with Crippen molar-refractivity contribution in [3.63, 3.8) is 0 Å². The number of esters is 1. The van der Waals surface area contributed by atoms with Gasteiger partial charge in [-0.05, 0) is 75.9 Å². The van der Waals surface area contributed by atoms with Crippen molar-refractivity contribution in [2.75, 3.05) is 26.2 Å². The first-order valence-corrected chi connectivity index (χ1v) is 11.7. The van der Waals surface area contributed by atoms with Gasteiger partial charge >= 0.3 is 12.0 Å². The molecule has 30 heavy (non-hydrogen) atoms. The fourth-order valence-corrected chi connectivity index (χ4v) is 4.66. The topological polar surface area (TPSA) is 70.7 Å². The molecular formula is C24H35N3O3. The van der Waals surface area contributed by atoms with E-state index in [0.29, 0.717) is 12.5 Å². The lowest BCUT2D eigenvalue weighted by Gasteiger charge is -2.36. The Hall–Kier alpha value is -2.08. The zero-order valence-corrected chi connectivity index (χ0v) is 17.9. The Morgan fingerprint density at radius 3 is 2.70 bits per heavy atom. The van der Waals surface area contributed by atoms with Gasteiger partial charge in [-0.3, -0.25) is 4.79 Å². The van der Waals surface area contributed by atoms with Crippen LogP contribution in [0.5, 0.6) is 0 Å². The smallest absolute Gasteiger partial charge is 0.317 e. The number of urea groups is 1. The second-order valence-corrected chi connectivity index (χ2v) is 9.11. The number of carbonyl (C=O) groups is 2. The molecule has 164 valence electrons. The molecule has 4 rings (SSSR count). The third kappa shape index (κ3) is 5.97. The van der Waals surface area contributed by atoms with Gasteiger partial charge in [0.1, 0.15) is 6.10 Å². The van der Waals surface area contributed by atoms with Gasteiger partial charge in [-0.15, -0.1) is 0 Å². The first-order valence-electron chi connectivity index (χ1n) is 11.7. The number of piperidine rings is 2. The summed E-state index contributed by atoms with van der Waals surface area (Å²) in [7, 11) is 0. The van der Waals surface area contributed by atoms with Crippen LogP contribution in [-0.4, -0.2) is 55.2 Å². The molecule has 1 saturated carbocycles. The average Bonchev–Trinajstić information content (AvgIpc) is 3.64. The van der Waals surface area contributed by atoms with E-state index in [1.165, 1.54) is 5.56 Å². The highest BCUT2D eigenvalue weighted by Gasteiger charge is 2.35. The van der Waals surface area contributed by atoms with E-state index in [0.717, 1.165) is 71.0 Å². The lowest BCUT2D eigenvalue weighted by molar-refractivity contribution is -0.152. The van der Waals surface area contributed by atoms with Crippen molar-refractivity contribution >= 4 is 12.0 Å². The van der Waals surface area contributed by atoms with Crippen molar-refractivity contribution in [2.45, 2.75) is 63.5 Å². The van der Waals surface area contributed by atoms with Crippen LogP contribution < -0.4 is 10.6 Å². The Bertz CT molecular complexity index is 701. The number of nitrogens with one attached hydrogen (secondary N) is 2. The van der Waals surface area contributed by atoms with Gasteiger partial charge < -0.3 is 20.3 Å². The van der Waals surface area contributed by atoms with Crippen molar-refractivity contribution in [1.29, 1.82) is 0 Å². The number of rotatable bonds is 7. The Morgan fingerprint density at radius 1 is 1.13 bits per heavy atom. The van der Waals surface area contributed by atoms with E-state index in [-0.39, 0.29) is 30.1 Å². The number of ether oxygens (including phenoxy) is 1. The monoisotopic (exact) mass is 413 g/mol. The molecule has 3 fully saturated rings. The quantitative estimate of drug-likeness (QED) is 0.674. The van der Waals surface area contributed by atoms with Crippen LogP contribution in [0.15, 0.2) is 30.3 Å². The summed E-state index contributed by atoms with van der Waals surface area (Å²) in [6.45, 7) is 3.27. The molecule has 0 radical (unpaired) electrons. The molecule has 6 nitrogen and oxygen atoms in total. The van der Waals surface area contributed by atoms with E-state index in [1.54, 1.807) is 0 Å². The maximum absolute atomic E-state index is 13.1. The lowest BCUT2D eigenvalue weighted by Crippen LogP contribution is -2.53. The number of hydrogen-bond donors (Lipinski definition) is 2. The van der Waals surface area contributed by atoms with Crippen LogP contribution in [0.1, 0.15) is 50.5 Å². The number of amides is 2. The third-order valence-corrected chi connectivity index (χ3v) is 6.66. The first-order chi connectivity index (χ1) is 14.7. The molecule has 2 heterocycles. The van der Waals surface area contributed by atoms with Crippen LogP contribution >= 0.6 is 0 Å². The first kappa shape index (κ1) is 21.2. The minimum Gasteiger partial charge on any atom is -0.460 e. The molecule has 2 N–H and O–H groups in total. The van der Waals surface area contributed by atoms with Gasteiger partial charge in [-0.1, -0.05) is 30.3 Å². The van der Waals surface area contributed by atoms with Gasteiger partial charge in [0.05, 0.1) is 12.5 Å². The number of benzene rings is 1. The fraction of sp³-hybridized carbons (Fsp3) is 0.667. The van der Waals surface area contributed by atoms with Crippen molar-refractivity contribution in [3.8, 4) is 0 Å². The molecule has 1 aliphatic carbocycles. The normalized spacial score (nSPS) is 25.4. The number of likely N-dealkylation sites (tertiary alicyclic amines) is 1. The SMILES string of the molecule is O=C(OC1CCCN(C(=O)NC(CCc2ccccc2)C2CCCNC2)C1)C1CC1. The molecule has 2 amide bonds. The predicted molar refractivity (Wildman–Crippen MR) is 116 cm³/mol. The summed E-state index contributed by atoms with van der Waals surface area (Å²) in [6.07, 6.45) is 7.70. The summed E-state index contributed by atoms with van der Waals surface area (Å²) < 4.78 is 5.65. The zero-order chi connectivity index (χ0) is 20.8. The zero-order valence-electron chi connectivity index (χ0n) is 17.9. The molecule has 2 aliphatic heterocycles. The Morgan fingerprint density at radius 2 is 1.97 bits per heavy atom. The molecule has 2 saturated heterocycles.